The Morgan fingerprint density at radius 3 is 2.76 bits per heavy atom. The molecule has 0 bridgehead atoms. The van der Waals surface area contributed by atoms with Crippen LogP contribution in [0, 0.1) is 11.3 Å². The molecule has 102 valence electrons. The molecule has 3 aromatic rings. The fourth-order valence-electron chi connectivity index (χ4n) is 2.03. The number of nitrogens with one attached hydrogen (secondary N) is 1. The van der Waals surface area contributed by atoms with E-state index in [1.54, 1.807) is 24.4 Å². The fraction of sp³-hybridized carbons (Fsp3) is 0.0625. The Morgan fingerprint density at radius 2 is 1.95 bits per heavy atom. The summed E-state index contributed by atoms with van der Waals surface area (Å²) in [6, 6.07) is 15.0. The molecule has 0 aliphatic heterocycles. The number of para-hydroxylation sites is 2. The van der Waals surface area contributed by atoms with Gasteiger partial charge in [-0.1, -0.05) is 23.7 Å². The minimum Gasteiger partial charge on any atom is -0.378 e. The van der Waals surface area contributed by atoms with Gasteiger partial charge in [0.2, 0.25) is 0 Å². The monoisotopic (exact) mass is 294 g/mol. The molecule has 1 aromatic heterocycles. The molecular weight excluding hydrogens is 284 g/mol. The maximum atomic E-state index is 9.09. The summed E-state index contributed by atoms with van der Waals surface area (Å²) >= 11 is 5.96. The van der Waals surface area contributed by atoms with Crippen molar-refractivity contribution in [2.75, 3.05) is 5.32 Å². The van der Waals surface area contributed by atoms with Crippen molar-refractivity contribution in [3.05, 3.63) is 64.9 Å². The SMILES string of the molecule is N#Cc1ccc(Cl)cc1NCc1cnc2ccccc2n1. The zero-order valence-corrected chi connectivity index (χ0v) is 11.8. The van der Waals surface area contributed by atoms with Crippen molar-refractivity contribution >= 4 is 28.3 Å². The number of rotatable bonds is 3. The number of benzene rings is 2. The smallest absolute Gasteiger partial charge is 0.101 e. The number of halogens is 1. The molecule has 1 heterocycles. The van der Waals surface area contributed by atoms with Crippen LogP contribution in [0.25, 0.3) is 11.0 Å². The third-order valence-corrected chi connectivity index (χ3v) is 3.30. The van der Waals surface area contributed by atoms with Crippen LogP contribution >= 0.6 is 11.6 Å². The Kier molecular flexibility index (Phi) is 3.67. The van der Waals surface area contributed by atoms with E-state index in [0.717, 1.165) is 16.7 Å². The molecule has 21 heavy (non-hydrogen) atoms. The molecule has 0 aliphatic carbocycles. The molecule has 0 saturated heterocycles. The van der Waals surface area contributed by atoms with Crippen LogP contribution in [-0.2, 0) is 6.54 Å². The van der Waals surface area contributed by atoms with E-state index >= 15 is 0 Å². The average molecular weight is 295 g/mol. The molecular formula is C16H11ClN4. The normalized spacial score (nSPS) is 10.3. The molecule has 5 heteroatoms. The lowest BCUT2D eigenvalue weighted by atomic mass is 10.2. The number of nitriles is 1. The summed E-state index contributed by atoms with van der Waals surface area (Å²) in [5, 5.41) is 12.8. The highest BCUT2D eigenvalue weighted by molar-refractivity contribution is 6.30. The molecule has 0 radical (unpaired) electrons. The first-order chi connectivity index (χ1) is 10.3. The lowest BCUT2D eigenvalue weighted by molar-refractivity contribution is 1.04. The number of aromatic nitrogens is 2. The first-order valence-electron chi connectivity index (χ1n) is 6.40. The van der Waals surface area contributed by atoms with E-state index in [9.17, 15) is 0 Å². The number of hydrogen-bond donors (Lipinski definition) is 1. The summed E-state index contributed by atoms with van der Waals surface area (Å²) in [5.41, 5.74) is 3.76. The Morgan fingerprint density at radius 1 is 1.14 bits per heavy atom. The van der Waals surface area contributed by atoms with Gasteiger partial charge in [-0.15, -0.1) is 0 Å². The molecule has 0 amide bonds. The fourth-order valence-corrected chi connectivity index (χ4v) is 2.20. The summed E-state index contributed by atoms with van der Waals surface area (Å²) in [7, 11) is 0. The maximum absolute atomic E-state index is 9.09. The minimum atomic E-state index is 0.479. The van der Waals surface area contributed by atoms with Crippen LogP contribution in [0.3, 0.4) is 0 Å². The van der Waals surface area contributed by atoms with Gasteiger partial charge >= 0.3 is 0 Å². The van der Waals surface area contributed by atoms with Crippen molar-refractivity contribution in [2.45, 2.75) is 6.54 Å². The van der Waals surface area contributed by atoms with Gasteiger partial charge < -0.3 is 5.32 Å². The number of anilines is 1. The second-order valence-corrected chi connectivity index (χ2v) is 4.94. The average Bonchev–Trinajstić information content (AvgIpc) is 2.53. The Balaban J connectivity index is 1.83. The van der Waals surface area contributed by atoms with Crippen LogP contribution in [-0.4, -0.2) is 9.97 Å². The van der Waals surface area contributed by atoms with Gasteiger partial charge in [0.1, 0.15) is 6.07 Å². The van der Waals surface area contributed by atoms with Gasteiger partial charge in [0.25, 0.3) is 0 Å². The third-order valence-electron chi connectivity index (χ3n) is 3.06. The topological polar surface area (TPSA) is 61.6 Å². The molecule has 4 nitrogen and oxygen atoms in total. The Hall–Kier alpha value is -2.64. The van der Waals surface area contributed by atoms with E-state index in [4.69, 9.17) is 16.9 Å². The predicted molar refractivity (Wildman–Crippen MR) is 83.0 cm³/mol. The van der Waals surface area contributed by atoms with Gasteiger partial charge in [0.15, 0.2) is 0 Å². The quantitative estimate of drug-likeness (QED) is 0.799. The first kappa shape index (κ1) is 13.3. The molecule has 0 saturated carbocycles. The third kappa shape index (κ3) is 2.93. The minimum absolute atomic E-state index is 0.479. The van der Waals surface area contributed by atoms with Crippen LogP contribution in [0.2, 0.25) is 5.02 Å². The van der Waals surface area contributed by atoms with Gasteiger partial charge in [0.05, 0.1) is 40.7 Å². The summed E-state index contributed by atoms with van der Waals surface area (Å²) in [6.07, 6.45) is 1.73. The molecule has 0 unspecified atom stereocenters. The van der Waals surface area contributed by atoms with Crippen molar-refractivity contribution < 1.29 is 0 Å². The summed E-state index contributed by atoms with van der Waals surface area (Å²) in [6.45, 7) is 0.479. The van der Waals surface area contributed by atoms with E-state index < -0.39 is 0 Å². The molecule has 0 spiro atoms. The zero-order chi connectivity index (χ0) is 14.7. The molecule has 0 aliphatic rings. The molecule has 1 N–H and O–H groups in total. The number of hydrogen-bond acceptors (Lipinski definition) is 4. The van der Waals surface area contributed by atoms with E-state index in [-0.39, 0.29) is 0 Å². The Labute approximate surface area is 127 Å². The molecule has 2 aromatic carbocycles. The second-order valence-electron chi connectivity index (χ2n) is 4.51. The lowest BCUT2D eigenvalue weighted by Crippen LogP contribution is -2.04. The first-order valence-corrected chi connectivity index (χ1v) is 6.78. The maximum Gasteiger partial charge on any atom is 0.101 e. The highest BCUT2D eigenvalue weighted by Gasteiger charge is 2.04. The summed E-state index contributed by atoms with van der Waals surface area (Å²) in [4.78, 5) is 8.89. The second kappa shape index (κ2) is 5.78. The van der Waals surface area contributed by atoms with Crippen molar-refractivity contribution in [3.63, 3.8) is 0 Å². The van der Waals surface area contributed by atoms with Gasteiger partial charge in [0, 0.05) is 5.02 Å². The summed E-state index contributed by atoms with van der Waals surface area (Å²) < 4.78 is 0. The van der Waals surface area contributed by atoms with Gasteiger partial charge in [-0.25, -0.2) is 4.98 Å². The number of fused-ring (bicyclic) bond motifs is 1. The molecule has 3 rings (SSSR count). The summed E-state index contributed by atoms with van der Waals surface area (Å²) in [5.74, 6) is 0. The predicted octanol–water partition coefficient (Wildman–Crippen LogP) is 3.77. The van der Waals surface area contributed by atoms with Crippen LogP contribution in [0.1, 0.15) is 11.3 Å². The van der Waals surface area contributed by atoms with Crippen LogP contribution in [0.4, 0.5) is 5.69 Å². The van der Waals surface area contributed by atoms with Crippen LogP contribution < -0.4 is 5.32 Å². The standard InChI is InChI=1S/C16H11ClN4/c17-12-6-5-11(8-18)16(7-12)20-10-13-9-19-14-3-1-2-4-15(14)21-13/h1-7,9,20H,10H2. The highest BCUT2D eigenvalue weighted by Crippen LogP contribution is 2.21. The van der Waals surface area contributed by atoms with Crippen molar-refractivity contribution in [2.24, 2.45) is 0 Å². The van der Waals surface area contributed by atoms with Gasteiger partial charge in [-0.2, -0.15) is 5.26 Å². The van der Waals surface area contributed by atoms with Gasteiger partial charge in [-0.3, -0.25) is 4.98 Å². The van der Waals surface area contributed by atoms with E-state index in [1.807, 2.05) is 24.3 Å². The Bertz CT molecular complexity index is 839. The van der Waals surface area contributed by atoms with Crippen LogP contribution in [0.15, 0.2) is 48.7 Å². The van der Waals surface area contributed by atoms with E-state index in [2.05, 4.69) is 21.4 Å². The van der Waals surface area contributed by atoms with Crippen molar-refractivity contribution in [3.8, 4) is 6.07 Å². The highest BCUT2D eigenvalue weighted by atomic mass is 35.5. The van der Waals surface area contributed by atoms with E-state index in [0.29, 0.717) is 22.8 Å². The van der Waals surface area contributed by atoms with Crippen molar-refractivity contribution in [1.29, 1.82) is 5.26 Å². The number of nitrogens with zero attached hydrogens (tertiary/aromatic N) is 3. The van der Waals surface area contributed by atoms with Gasteiger partial charge in [-0.05, 0) is 30.3 Å². The largest absolute Gasteiger partial charge is 0.378 e. The molecule has 0 atom stereocenters. The zero-order valence-electron chi connectivity index (χ0n) is 11.0. The molecule has 0 fully saturated rings. The van der Waals surface area contributed by atoms with Crippen molar-refractivity contribution in [1.82, 2.24) is 9.97 Å². The van der Waals surface area contributed by atoms with E-state index in [1.165, 1.54) is 0 Å². The lowest BCUT2D eigenvalue weighted by Gasteiger charge is -2.08. The van der Waals surface area contributed by atoms with Crippen LogP contribution in [0.5, 0.6) is 0 Å².